The first-order chi connectivity index (χ1) is 8.58. The maximum absolute atomic E-state index is 11.2. The molecule has 1 fully saturated rings. The Hall–Kier alpha value is -1.10. The van der Waals surface area contributed by atoms with E-state index in [1.54, 1.807) is 6.92 Å². The van der Waals surface area contributed by atoms with Crippen LogP contribution >= 0.6 is 11.5 Å². The van der Waals surface area contributed by atoms with E-state index in [0.717, 1.165) is 13.0 Å². The molecule has 100 valence electrons. The monoisotopic (exact) mass is 268 g/mol. The minimum atomic E-state index is -0.888. The zero-order valence-electron chi connectivity index (χ0n) is 11.0. The number of carbonyl (C=O) groups is 1. The van der Waals surface area contributed by atoms with Gasteiger partial charge in [-0.2, -0.15) is 4.37 Å². The van der Waals surface area contributed by atoms with E-state index in [1.807, 2.05) is 0 Å². The second-order valence-electron chi connectivity index (χ2n) is 5.19. The highest BCUT2D eigenvalue weighted by Crippen LogP contribution is 2.41. The van der Waals surface area contributed by atoms with Crippen LogP contribution in [0.4, 0.5) is 5.00 Å². The summed E-state index contributed by atoms with van der Waals surface area (Å²) in [5, 5.41) is 13.2. The molecule has 0 radical (unpaired) electrons. The number of carboxylic acid groups (broad SMARTS) is 1. The molecule has 1 saturated carbocycles. The molecule has 2 N–H and O–H groups in total. The first-order valence-corrected chi connectivity index (χ1v) is 7.29. The van der Waals surface area contributed by atoms with Gasteiger partial charge in [0.15, 0.2) is 0 Å². The van der Waals surface area contributed by atoms with Gasteiger partial charge < -0.3 is 10.4 Å². The molecule has 2 rings (SSSR count). The molecule has 0 unspecified atom stereocenters. The number of hydrogen-bond acceptors (Lipinski definition) is 4. The van der Waals surface area contributed by atoms with Gasteiger partial charge in [-0.15, -0.1) is 0 Å². The van der Waals surface area contributed by atoms with Gasteiger partial charge in [-0.1, -0.05) is 19.8 Å². The van der Waals surface area contributed by atoms with Gasteiger partial charge in [0.25, 0.3) is 0 Å². The van der Waals surface area contributed by atoms with E-state index in [0.29, 0.717) is 21.7 Å². The summed E-state index contributed by atoms with van der Waals surface area (Å²) in [5.41, 5.74) is 1.30. The van der Waals surface area contributed by atoms with Gasteiger partial charge in [-0.05, 0) is 43.1 Å². The van der Waals surface area contributed by atoms with Gasteiger partial charge in [-0.3, -0.25) is 0 Å². The SMILES string of the molecule is CCC1(CNc2snc(C)c2C(=O)O)CCCC1. The molecule has 1 heterocycles. The summed E-state index contributed by atoms with van der Waals surface area (Å²) < 4.78 is 4.13. The third-order valence-electron chi connectivity index (χ3n) is 4.11. The number of rotatable bonds is 5. The molecule has 0 amide bonds. The summed E-state index contributed by atoms with van der Waals surface area (Å²) in [5.74, 6) is -0.888. The molecular weight excluding hydrogens is 248 g/mol. The van der Waals surface area contributed by atoms with Crippen molar-refractivity contribution in [2.45, 2.75) is 46.0 Å². The Morgan fingerprint density at radius 3 is 2.72 bits per heavy atom. The molecule has 0 bridgehead atoms. The van der Waals surface area contributed by atoms with E-state index in [1.165, 1.54) is 37.2 Å². The van der Waals surface area contributed by atoms with Crippen molar-refractivity contribution in [2.24, 2.45) is 5.41 Å². The molecule has 0 spiro atoms. The van der Waals surface area contributed by atoms with E-state index < -0.39 is 5.97 Å². The number of nitrogens with zero attached hydrogens (tertiary/aromatic N) is 1. The van der Waals surface area contributed by atoms with Gasteiger partial charge in [0.1, 0.15) is 10.6 Å². The molecule has 1 aliphatic carbocycles. The lowest BCUT2D eigenvalue weighted by Crippen LogP contribution is -2.26. The van der Waals surface area contributed by atoms with E-state index in [-0.39, 0.29) is 0 Å². The van der Waals surface area contributed by atoms with Crippen molar-refractivity contribution >= 4 is 22.5 Å². The highest BCUT2D eigenvalue weighted by atomic mass is 32.1. The molecule has 0 aromatic carbocycles. The summed E-state index contributed by atoms with van der Waals surface area (Å²) >= 11 is 1.26. The van der Waals surface area contributed by atoms with Crippen molar-refractivity contribution in [3.63, 3.8) is 0 Å². The number of anilines is 1. The smallest absolute Gasteiger partial charge is 0.340 e. The van der Waals surface area contributed by atoms with E-state index in [2.05, 4.69) is 16.6 Å². The number of aromatic carboxylic acids is 1. The lowest BCUT2D eigenvalue weighted by Gasteiger charge is -2.27. The van der Waals surface area contributed by atoms with Crippen LogP contribution in [0.25, 0.3) is 0 Å². The average molecular weight is 268 g/mol. The van der Waals surface area contributed by atoms with Crippen LogP contribution in [0.1, 0.15) is 55.1 Å². The van der Waals surface area contributed by atoms with Crippen LogP contribution in [0.15, 0.2) is 0 Å². The van der Waals surface area contributed by atoms with Gasteiger partial charge in [0, 0.05) is 6.54 Å². The standard InChI is InChI=1S/C13H20N2O2S/c1-3-13(6-4-5-7-13)8-14-11-10(12(16)17)9(2)15-18-11/h14H,3-8H2,1-2H3,(H,16,17). The minimum absolute atomic E-state index is 0.337. The molecule has 1 aromatic heterocycles. The van der Waals surface area contributed by atoms with Gasteiger partial charge >= 0.3 is 5.97 Å². The quantitative estimate of drug-likeness (QED) is 0.857. The number of hydrogen-bond donors (Lipinski definition) is 2. The van der Waals surface area contributed by atoms with Crippen LogP contribution in [0.5, 0.6) is 0 Å². The van der Waals surface area contributed by atoms with E-state index in [4.69, 9.17) is 0 Å². The average Bonchev–Trinajstić information content (AvgIpc) is 2.94. The van der Waals surface area contributed by atoms with Crippen molar-refractivity contribution in [3.8, 4) is 0 Å². The van der Waals surface area contributed by atoms with Crippen LogP contribution in [0, 0.1) is 12.3 Å². The number of aromatic nitrogens is 1. The summed E-state index contributed by atoms with van der Waals surface area (Å²) in [6, 6.07) is 0. The zero-order valence-corrected chi connectivity index (χ0v) is 11.8. The molecule has 1 aliphatic rings. The van der Waals surface area contributed by atoms with Crippen LogP contribution in [0.3, 0.4) is 0 Å². The Morgan fingerprint density at radius 2 is 2.17 bits per heavy atom. The Labute approximate surface area is 112 Å². The Morgan fingerprint density at radius 1 is 1.50 bits per heavy atom. The molecule has 0 atom stereocenters. The Balaban J connectivity index is 2.08. The Bertz CT molecular complexity index is 436. The lowest BCUT2D eigenvalue weighted by molar-refractivity contribution is 0.0697. The predicted molar refractivity (Wildman–Crippen MR) is 73.5 cm³/mol. The largest absolute Gasteiger partial charge is 0.478 e. The molecule has 18 heavy (non-hydrogen) atoms. The van der Waals surface area contributed by atoms with Gasteiger partial charge in [0.05, 0.1) is 5.69 Å². The fourth-order valence-corrected chi connectivity index (χ4v) is 3.57. The molecule has 0 saturated heterocycles. The van der Waals surface area contributed by atoms with Crippen LogP contribution in [-0.4, -0.2) is 22.0 Å². The fraction of sp³-hybridized carbons (Fsp3) is 0.692. The van der Waals surface area contributed by atoms with E-state index in [9.17, 15) is 9.90 Å². The van der Waals surface area contributed by atoms with Crippen LogP contribution < -0.4 is 5.32 Å². The third-order valence-corrected chi connectivity index (χ3v) is 5.01. The first kappa shape index (κ1) is 13.3. The molecule has 1 aromatic rings. The minimum Gasteiger partial charge on any atom is -0.478 e. The number of nitrogens with one attached hydrogen (secondary N) is 1. The van der Waals surface area contributed by atoms with Crippen molar-refractivity contribution in [1.29, 1.82) is 0 Å². The topological polar surface area (TPSA) is 62.2 Å². The molecular formula is C13H20N2O2S. The maximum Gasteiger partial charge on any atom is 0.340 e. The second kappa shape index (κ2) is 5.26. The normalized spacial score (nSPS) is 17.9. The van der Waals surface area contributed by atoms with Crippen LogP contribution in [-0.2, 0) is 0 Å². The highest BCUT2D eigenvalue weighted by Gasteiger charge is 2.32. The second-order valence-corrected chi connectivity index (χ2v) is 5.96. The van der Waals surface area contributed by atoms with Crippen molar-refractivity contribution in [1.82, 2.24) is 4.37 Å². The summed E-state index contributed by atoms with van der Waals surface area (Å²) in [7, 11) is 0. The first-order valence-electron chi connectivity index (χ1n) is 6.51. The maximum atomic E-state index is 11.2. The van der Waals surface area contributed by atoms with Gasteiger partial charge in [-0.25, -0.2) is 4.79 Å². The van der Waals surface area contributed by atoms with E-state index >= 15 is 0 Å². The van der Waals surface area contributed by atoms with Crippen LogP contribution in [0.2, 0.25) is 0 Å². The number of aryl methyl sites for hydroxylation is 1. The lowest BCUT2D eigenvalue weighted by atomic mass is 9.83. The van der Waals surface area contributed by atoms with Crippen molar-refractivity contribution in [3.05, 3.63) is 11.3 Å². The van der Waals surface area contributed by atoms with Crippen molar-refractivity contribution in [2.75, 3.05) is 11.9 Å². The molecule has 4 nitrogen and oxygen atoms in total. The van der Waals surface area contributed by atoms with Gasteiger partial charge in [0.2, 0.25) is 0 Å². The molecule has 0 aliphatic heterocycles. The fourth-order valence-electron chi connectivity index (χ4n) is 2.79. The summed E-state index contributed by atoms with van der Waals surface area (Å²) in [6.45, 7) is 4.84. The summed E-state index contributed by atoms with van der Waals surface area (Å²) in [4.78, 5) is 11.2. The number of carboxylic acids is 1. The highest BCUT2D eigenvalue weighted by molar-refractivity contribution is 7.10. The molecule has 5 heteroatoms. The van der Waals surface area contributed by atoms with Crippen molar-refractivity contribution < 1.29 is 9.90 Å². The summed E-state index contributed by atoms with van der Waals surface area (Å²) in [6.07, 6.45) is 6.24. The third kappa shape index (κ3) is 2.51. The Kier molecular flexibility index (Phi) is 3.90. The zero-order chi connectivity index (χ0) is 13.2. The predicted octanol–water partition coefficient (Wildman–Crippen LogP) is 3.53.